The Balaban J connectivity index is 1.64. The van der Waals surface area contributed by atoms with Crippen molar-refractivity contribution in [1.82, 2.24) is 9.80 Å². The standard InChI is InChI=1S/C17H20Cl2N2O3/c18-12-4-5-13(14(19)11-12)16(22)20-6-2-7-21(9-8-20)17(23)15-3-1-10-24-15/h4-5,11,15H,1-3,6-10H2. The Bertz CT molecular complexity index is 632. The fourth-order valence-electron chi connectivity index (χ4n) is 3.15. The van der Waals surface area contributed by atoms with Gasteiger partial charge in [0, 0.05) is 37.8 Å². The van der Waals surface area contributed by atoms with Gasteiger partial charge in [0.25, 0.3) is 11.8 Å². The third-order valence-electron chi connectivity index (χ3n) is 4.46. The van der Waals surface area contributed by atoms with Crippen LogP contribution in [0.15, 0.2) is 18.2 Å². The van der Waals surface area contributed by atoms with E-state index in [1.165, 1.54) is 0 Å². The van der Waals surface area contributed by atoms with Crippen molar-refractivity contribution < 1.29 is 14.3 Å². The lowest BCUT2D eigenvalue weighted by Gasteiger charge is -2.24. The van der Waals surface area contributed by atoms with Crippen LogP contribution in [0.2, 0.25) is 10.0 Å². The first kappa shape index (κ1) is 17.5. The summed E-state index contributed by atoms with van der Waals surface area (Å²) in [6, 6.07) is 4.88. The van der Waals surface area contributed by atoms with Crippen LogP contribution in [0.4, 0.5) is 0 Å². The van der Waals surface area contributed by atoms with Gasteiger partial charge in [0.1, 0.15) is 6.10 Å². The topological polar surface area (TPSA) is 49.9 Å². The highest BCUT2D eigenvalue weighted by Gasteiger charge is 2.30. The van der Waals surface area contributed by atoms with E-state index in [0.717, 1.165) is 19.3 Å². The lowest BCUT2D eigenvalue weighted by atomic mass is 10.2. The number of rotatable bonds is 2. The SMILES string of the molecule is O=C(c1ccc(Cl)cc1Cl)N1CCCN(C(=O)C2CCCO2)CC1. The third-order valence-corrected chi connectivity index (χ3v) is 5.01. The fraction of sp³-hybridized carbons (Fsp3) is 0.529. The normalized spacial score (nSPS) is 21.7. The Kier molecular flexibility index (Phi) is 5.64. The molecule has 2 saturated heterocycles. The molecule has 0 aromatic heterocycles. The summed E-state index contributed by atoms with van der Waals surface area (Å²) in [6.45, 7) is 2.93. The van der Waals surface area contributed by atoms with Crippen LogP contribution in [0.3, 0.4) is 0 Å². The first-order valence-electron chi connectivity index (χ1n) is 8.21. The molecule has 2 aliphatic rings. The average molecular weight is 371 g/mol. The van der Waals surface area contributed by atoms with E-state index in [9.17, 15) is 9.59 Å². The number of carbonyl (C=O) groups excluding carboxylic acids is 2. The summed E-state index contributed by atoms with van der Waals surface area (Å²) < 4.78 is 5.48. The molecule has 2 aliphatic heterocycles. The highest BCUT2D eigenvalue weighted by molar-refractivity contribution is 6.36. The van der Waals surface area contributed by atoms with Crippen LogP contribution >= 0.6 is 23.2 Å². The third kappa shape index (κ3) is 3.85. The monoisotopic (exact) mass is 370 g/mol. The van der Waals surface area contributed by atoms with Crippen molar-refractivity contribution in [2.45, 2.75) is 25.4 Å². The average Bonchev–Trinajstić information content (AvgIpc) is 2.98. The van der Waals surface area contributed by atoms with Crippen molar-refractivity contribution in [3.05, 3.63) is 33.8 Å². The highest BCUT2D eigenvalue weighted by Crippen LogP contribution is 2.23. The number of carbonyl (C=O) groups is 2. The van der Waals surface area contributed by atoms with Crippen LogP contribution in [0.1, 0.15) is 29.6 Å². The molecule has 0 saturated carbocycles. The van der Waals surface area contributed by atoms with Crippen LogP contribution in [0.5, 0.6) is 0 Å². The molecule has 0 aliphatic carbocycles. The molecule has 1 aromatic carbocycles. The van der Waals surface area contributed by atoms with E-state index in [4.69, 9.17) is 27.9 Å². The number of nitrogens with zero attached hydrogens (tertiary/aromatic N) is 2. The number of amides is 2. The van der Waals surface area contributed by atoms with E-state index in [-0.39, 0.29) is 17.9 Å². The highest BCUT2D eigenvalue weighted by atomic mass is 35.5. The molecule has 1 unspecified atom stereocenters. The van der Waals surface area contributed by atoms with Crippen LogP contribution in [-0.2, 0) is 9.53 Å². The Hall–Kier alpha value is -1.30. The summed E-state index contributed by atoms with van der Waals surface area (Å²) in [6.07, 6.45) is 2.16. The zero-order valence-corrected chi connectivity index (χ0v) is 14.9. The first-order chi connectivity index (χ1) is 11.6. The second-order valence-corrected chi connectivity index (χ2v) is 6.94. The van der Waals surface area contributed by atoms with E-state index in [1.807, 2.05) is 4.90 Å². The molecule has 24 heavy (non-hydrogen) atoms. The summed E-state index contributed by atoms with van der Waals surface area (Å²) >= 11 is 12.0. The van der Waals surface area contributed by atoms with E-state index in [2.05, 4.69) is 0 Å². The van der Waals surface area contributed by atoms with Gasteiger partial charge in [-0.1, -0.05) is 23.2 Å². The van der Waals surface area contributed by atoms with Crippen LogP contribution in [0, 0.1) is 0 Å². The maximum absolute atomic E-state index is 12.7. The number of benzene rings is 1. The molecule has 130 valence electrons. The van der Waals surface area contributed by atoms with Crippen molar-refractivity contribution >= 4 is 35.0 Å². The van der Waals surface area contributed by atoms with E-state index in [1.54, 1.807) is 23.1 Å². The predicted molar refractivity (Wildman–Crippen MR) is 92.5 cm³/mol. The van der Waals surface area contributed by atoms with Crippen LogP contribution in [0.25, 0.3) is 0 Å². The first-order valence-corrected chi connectivity index (χ1v) is 8.96. The molecule has 1 atom stereocenters. The van der Waals surface area contributed by atoms with Gasteiger partial charge in [-0.3, -0.25) is 9.59 Å². The summed E-state index contributed by atoms with van der Waals surface area (Å²) in [7, 11) is 0. The van der Waals surface area contributed by atoms with Gasteiger partial charge in [-0.15, -0.1) is 0 Å². The lowest BCUT2D eigenvalue weighted by Crippen LogP contribution is -2.41. The van der Waals surface area contributed by atoms with Gasteiger partial charge in [-0.2, -0.15) is 0 Å². The summed E-state index contributed by atoms with van der Waals surface area (Å²) in [5, 5.41) is 0.852. The van der Waals surface area contributed by atoms with Crippen molar-refractivity contribution in [2.75, 3.05) is 32.8 Å². The molecular formula is C17H20Cl2N2O3. The molecule has 2 fully saturated rings. The number of ether oxygens (including phenoxy) is 1. The Morgan fingerprint density at radius 3 is 2.50 bits per heavy atom. The van der Waals surface area contributed by atoms with Crippen LogP contribution < -0.4 is 0 Å². The fourth-order valence-corrected chi connectivity index (χ4v) is 3.64. The second kappa shape index (κ2) is 7.72. The van der Waals surface area contributed by atoms with E-state index in [0.29, 0.717) is 48.4 Å². The molecule has 5 nitrogen and oxygen atoms in total. The van der Waals surface area contributed by atoms with Crippen molar-refractivity contribution in [3.8, 4) is 0 Å². The van der Waals surface area contributed by atoms with Gasteiger partial charge < -0.3 is 14.5 Å². The van der Waals surface area contributed by atoms with Crippen molar-refractivity contribution in [1.29, 1.82) is 0 Å². The van der Waals surface area contributed by atoms with Crippen molar-refractivity contribution in [3.63, 3.8) is 0 Å². The molecule has 3 rings (SSSR count). The number of hydrogen-bond acceptors (Lipinski definition) is 3. The lowest BCUT2D eigenvalue weighted by molar-refractivity contribution is -0.140. The molecular weight excluding hydrogens is 351 g/mol. The smallest absolute Gasteiger partial charge is 0.255 e. The molecule has 7 heteroatoms. The Morgan fingerprint density at radius 2 is 1.79 bits per heavy atom. The Labute approximate surface area is 151 Å². The van der Waals surface area contributed by atoms with Gasteiger partial charge in [-0.05, 0) is 37.5 Å². The number of hydrogen-bond donors (Lipinski definition) is 0. The number of halogens is 2. The predicted octanol–water partition coefficient (Wildman–Crippen LogP) is 2.85. The maximum atomic E-state index is 12.7. The van der Waals surface area contributed by atoms with E-state index >= 15 is 0 Å². The van der Waals surface area contributed by atoms with Gasteiger partial charge in [0.05, 0.1) is 10.6 Å². The summed E-state index contributed by atoms with van der Waals surface area (Å²) in [5.74, 6) is -0.0746. The molecule has 2 heterocycles. The quantitative estimate of drug-likeness (QED) is 0.803. The van der Waals surface area contributed by atoms with Gasteiger partial charge >= 0.3 is 0 Å². The summed E-state index contributed by atoms with van der Waals surface area (Å²) in [5.41, 5.74) is 0.444. The molecule has 0 bridgehead atoms. The van der Waals surface area contributed by atoms with Crippen LogP contribution in [-0.4, -0.2) is 60.5 Å². The molecule has 0 N–H and O–H groups in total. The van der Waals surface area contributed by atoms with Gasteiger partial charge in [0.15, 0.2) is 0 Å². The second-order valence-electron chi connectivity index (χ2n) is 6.10. The van der Waals surface area contributed by atoms with Gasteiger partial charge in [-0.25, -0.2) is 0 Å². The Morgan fingerprint density at radius 1 is 1.04 bits per heavy atom. The minimum absolute atomic E-state index is 0.0475. The summed E-state index contributed by atoms with van der Waals surface area (Å²) in [4.78, 5) is 28.7. The zero-order valence-electron chi connectivity index (χ0n) is 13.3. The molecule has 2 amide bonds. The zero-order chi connectivity index (χ0) is 17.1. The molecule has 0 radical (unpaired) electrons. The maximum Gasteiger partial charge on any atom is 0.255 e. The van der Waals surface area contributed by atoms with E-state index < -0.39 is 0 Å². The molecule has 1 aromatic rings. The largest absolute Gasteiger partial charge is 0.368 e. The minimum atomic E-state index is -0.307. The minimum Gasteiger partial charge on any atom is -0.368 e. The van der Waals surface area contributed by atoms with Gasteiger partial charge in [0.2, 0.25) is 0 Å². The van der Waals surface area contributed by atoms with Crippen molar-refractivity contribution in [2.24, 2.45) is 0 Å². The molecule has 0 spiro atoms.